The van der Waals surface area contributed by atoms with Crippen molar-refractivity contribution in [3.63, 3.8) is 0 Å². The van der Waals surface area contributed by atoms with Gasteiger partial charge in [-0.2, -0.15) is 0 Å². The van der Waals surface area contributed by atoms with Gasteiger partial charge >= 0.3 is 0 Å². The summed E-state index contributed by atoms with van der Waals surface area (Å²) in [5, 5.41) is 3.06. The summed E-state index contributed by atoms with van der Waals surface area (Å²) < 4.78 is 19.7. The van der Waals surface area contributed by atoms with Gasteiger partial charge in [0.05, 0.1) is 6.61 Å². The monoisotopic (exact) mass is 407 g/mol. The highest BCUT2D eigenvalue weighted by Crippen LogP contribution is 2.50. The summed E-state index contributed by atoms with van der Waals surface area (Å²) in [5.74, 6) is -2.30. The molecule has 1 amide bonds. The van der Waals surface area contributed by atoms with Crippen molar-refractivity contribution in [1.82, 2.24) is 5.32 Å². The van der Waals surface area contributed by atoms with Gasteiger partial charge in [-0.1, -0.05) is 66.7 Å². The van der Waals surface area contributed by atoms with Gasteiger partial charge in [0.25, 0.3) is 13.3 Å². The molecule has 3 aromatic rings. The molecule has 2 unspecified atom stereocenters. The van der Waals surface area contributed by atoms with Crippen molar-refractivity contribution >= 4 is 24.4 Å². The molecule has 0 bridgehead atoms. The minimum Gasteiger partial charge on any atom is -0.333 e. The fraction of sp³-hybridized carbons (Fsp3) is 0.130. The first kappa shape index (κ1) is 20.7. The van der Waals surface area contributed by atoms with Gasteiger partial charge in [0.2, 0.25) is 0 Å². The molecule has 0 radical (unpaired) electrons. The van der Waals surface area contributed by atoms with E-state index in [1.807, 2.05) is 0 Å². The largest absolute Gasteiger partial charge is 0.333 e. The molecule has 0 aromatic heterocycles. The maximum Gasteiger partial charge on any atom is 0.261 e. The average Bonchev–Trinajstić information content (AvgIpc) is 2.78. The predicted octanol–water partition coefficient (Wildman–Crippen LogP) is 4.27. The van der Waals surface area contributed by atoms with Gasteiger partial charge in [-0.25, -0.2) is 0 Å². The highest BCUT2D eigenvalue weighted by Gasteiger charge is 2.42. The first-order valence-corrected chi connectivity index (χ1v) is 11.0. The van der Waals surface area contributed by atoms with E-state index in [0.29, 0.717) is 16.4 Å². The Bertz CT molecular complexity index is 1010. The molecule has 0 saturated carbocycles. The minimum absolute atomic E-state index is 0.131. The molecule has 0 heterocycles. The number of rotatable bonds is 8. The molecule has 0 fully saturated rings. The zero-order valence-corrected chi connectivity index (χ0v) is 16.9. The van der Waals surface area contributed by atoms with Crippen molar-refractivity contribution < 1.29 is 18.7 Å². The highest BCUT2D eigenvalue weighted by atomic mass is 31.2. The van der Waals surface area contributed by atoms with E-state index in [1.54, 1.807) is 97.9 Å². The molecule has 0 aliphatic carbocycles. The molecule has 2 atom stereocenters. The van der Waals surface area contributed by atoms with E-state index in [9.17, 15) is 14.2 Å². The summed E-state index contributed by atoms with van der Waals surface area (Å²) in [6.45, 7) is 1.84. The molecule has 5 nitrogen and oxygen atoms in total. The zero-order chi connectivity index (χ0) is 20.7. The Labute approximate surface area is 170 Å². The Kier molecular flexibility index (Phi) is 6.76. The SMILES string of the molecule is CCOP(=O)(c1ccccc1)C(NC(=O)c1ccccc1)C(=O)c1ccccc1. The lowest BCUT2D eigenvalue weighted by molar-refractivity contribution is 0.0882. The predicted molar refractivity (Wildman–Crippen MR) is 114 cm³/mol. The number of benzene rings is 3. The van der Waals surface area contributed by atoms with Crippen molar-refractivity contribution in [1.29, 1.82) is 0 Å². The lowest BCUT2D eigenvalue weighted by Crippen LogP contribution is -2.43. The summed E-state index contributed by atoms with van der Waals surface area (Å²) in [6, 6.07) is 25.5. The molecule has 3 rings (SSSR count). The molecule has 3 aromatic carbocycles. The van der Waals surface area contributed by atoms with Crippen LogP contribution >= 0.6 is 7.37 Å². The number of hydrogen-bond donors (Lipinski definition) is 1. The van der Waals surface area contributed by atoms with Crippen LogP contribution in [0.2, 0.25) is 0 Å². The second kappa shape index (κ2) is 9.46. The number of ketones is 1. The van der Waals surface area contributed by atoms with Gasteiger partial charge in [0, 0.05) is 16.4 Å². The van der Waals surface area contributed by atoms with Crippen molar-refractivity contribution in [3.8, 4) is 0 Å². The zero-order valence-electron chi connectivity index (χ0n) is 16.0. The second-order valence-electron chi connectivity index (χ2n) is 6.32. The van der Waals surface area contributed by atoms with Crippen molar-refractivity contribution in [2.24, 2.45) is 0 Å². The number of carbonyl (C=O) groups excluding carboxylic acids is 2. The van der Waals surface area contributed by atoms with Gasteiger partial charge in [0.15, 0.2) is 11.6 Å². The van der Waals surface area contributed by atoms with Crippen LogP contribution in [0, 0.1) is 0 Å². The summed E-state index contributed by atoms with van der Waals surface area (Å²) in [7, 11) is -3.76. The third kappa shape index (κ3) is 4.70. The van der Waals surface area contributed by atoms with Crippen LogP contribution in [0.25, 0.3) is 0 Å². The standard InChI is InChI=1S/C23H22NO4P/c1-2-28-29(27,20-16-10-5-11-17-20)23(21(25)18-12-6-3-7-13-18)24-22(26)19-14-8-4-9-15-19/h3-17,23H,2H2,1H3,(H,24,26). The lowest BCUT2D eigenvalue weighted by atomic mass is 10.1. The van der Waals surface area contributed by atoms with E-state index >= 15 is 0 Å². The highest BCUT2D eigenvalue weighted by molar-refractivity contribution is 7.68. The van der Waals surface area contributed by atoms with Crippen LogP contribution in [0.1, 0.15) is 27.6 Å². The fourth-order valence-electron chi connectivity index (χ4n) is 2.99. The van der Waals surface area contributed by atoms with Gasteiger partial charge in [-0.15, -0.1) is 0 Å². The number of amides is 1. The van der Waals surface area contributed by atoms with Crippen LogP contribution in [0.5, 0.6) is 0 Å². The number of Topliss-reactive ketones (excluding diaryl/α,β-unsaturated/α-hetero) is 1. The first-order valence-electron chi connectivity index (χ1n) is 9.31. The second-order valence-corrected chi connectivity index (χ2v) is 8.81. The number of hydrogen-bond acceptors (Lipinski definition) is 4. The van der Waals surface area contributed by atoms with Crippen LogP contribution in [-0.2, 0) is 9.09 Å². The summed E-state index contributed by atoms with van der Waals surface area (Å²) in [5.41, 5.74) is 0.719. The molecular formula is C23H22NO4P. The Balaban J connectivity index is 2.07. The van der Waals surface area contributed by atoms with Crippen molar-refractivity contribution in [2.45, 2.75) is 12.7 Å². The van der Waals surface area contributed by atoms with Crippen molar-refractivity contribution in [2.75, 3.05) is 6.61 Å². The van der Waals surface area contributed by atoms with Crippen LogP contribution < -0.4 is 10.6 Å². The van der Waals surface area contributed by atoms with Crippen LogP contribution in [0.4, 0.5) is 0 Å². The van der Waals surface area contributed by atoms with Crippen LogP contribution in [0.3, 0.4) is 0 Å². The maximum atomic E-state index is 14.0. The van der Waals surface area contributed by atoms with E-state index in [0.717, 1.165) is 0 Å². The summed E-state index contributed by atoms with van der Waals surface area (Å²) in [6.07, 6.45) is 0. The molecule has 0 aliphatic rings. The molecule has 148 valence electrons. The third-order valence-electron chi connectivity index (χ3n) is 4.39. The van der Waals surface area contributed by atoms with Gasteiger partial charge in [-0.05, 0) is 31.2 Å². The van der Waals surface area contributed by atoms with Gasteiger partial charge in [0.1, 0.15) is 0 Å². The number of nitrogens with one attached hydrogen (secondary N) is 1. The van der Waals surface area contributed by atoms with E-state index in [-0.39, 0.29) is 6.61 Å². The molecule has 29 heavy (non-hydrogen) atoms. The summed E-state index contributed by atoms with van der Waals surface area (Å²) in [4.78, 5) is 26.2. The Morgan fingerprint density at radius 2 is 1.31 bits per heavy atom. The number of carbonyl (C=O) groups is 2. The Morgan fingerprint density at radius 1 is 0.828 bits per heavy atom. The minimum atomic E-state index is -3.76. The quantitative estimate of drug-likeness (QED) is 0.447. The van der Waals surface area contributed by atoms with Crippen LogP contribution in [-0.4, -0.2) is 24.1 Å². The van der Waals surface area contributed by atoms with E-state index in [4.69, 9.17) is 4.52 Å². The van der Waals surface area contributed by atoms with Crippen LogP contribution in [0.15, 0.2) is 91.0 Å². The molecule has 6 heteroatoms. The summed E-state index contributed by atoms with van der Waals surface area (Å²) >= 11 is 0. The van der Waals surface area contributed by atoms with E-state index in [2.05, 4.69) is 5.32 Å². The van der Waals surface area contributed by atoms with E-state index in [1.165, 1.54) is 0 Å². The van der Waals surface area contributed by atoms with E-state index < -0.39 is 24.8 Å². The van der Waals surface area contributed by atoms with Gasteiger partial charge in [-0.3, -0.25) is 14.2 Å². The third-order valence-corrected chi connectivity index (χ3v) is 7.09. The molecule has 0 aliphatic heterocycles. The Morgan fingerprint density at radius 3 is 1.83 bits per heavy atom. The fourth-order valence-corrected chi connectivity index (χ4v) is 5.30. The lowest BCUT2D eigenvalue weighted by Gasteiger charge is -2.27. The smallest absolute Gasteiger partial charge is 0.261 e. The van der Waals surface area contributed by atoms with Crippen molar-refractivity contribution in [3.05, 3.63) is 102 Å². The first-order chi connectivity index (χ1) is 14.1. The maximum absolute atomic E-state index is 14.0. The van der Waals surface area contributed by atoms with Gasteiger partial charge < -0.3 is 9.84 Å². The molecule has 1 N–H and O–H groups in total. The topological polar surface area (TPSA) is 72.5 Å². The molecule has 0 spiro atoms. The molecule has 0 saturated heterocycles. The molecular weight excluding hydrogens is 385 g/mol. The average molecular weight is 407 g/mol. The normalized spacial score (nSPS) is 13.8. The Hall–Kier alpha value is -3.01.